The summed E-state index contributed by atoms with van der Waals surface area (Å²) in [6.07, 6.45) is 1.61. The summed E-state index contributed by atoms with van der Waals surface area (Å²) in [5.41, 5.74) is -0.0651. The number of ketones is 1. The zero-order valence-electron chi connectivity index (χ0n) is 10.7. The van der Waals surface area contributed by atoms with E-state index < -0.39 is 23.3 Å². The lowest BCUT2D eigenvalue weighted by Crippen LogP contribution is -2.45. The van der Waals surface area contributed by atoms with Gasteiger partial charge in [-0.2, -0.15) is 0 Å². The van der Waals surface area contributed by atoms with E-state index in [1.54, 1.807) is 0 Å². The fourth-order valence-electron chi connectivity index (χ4n) is 3.05. The highest BCUT2D eigenvalue weighted by Gasteiger charge is 2.52. The van der Waals surface area contributed by atoms with Crippen LogP contribution in [0.25, 0.3) is 0 Å². The van der Waals surface area contributed by atoms with E-state index in [4.69, 9.17) is 9.47 Å². The van der Waals surface area contributed by atoms with Gasteiger partial charge < -0.3 is 9.47 Å². The molecule has 1 fully saturated rings. The summed E-state index contributed by atoms with van der Waals surface area (Å²) in [5.74, 6) is -1.63. The molecule has 2 atom stereocenters. The second-order valence-corrected chi connectivity index (χ2v) is 5.07. The number of Topliss-reactive ketones (excluding diaryl/α,β-unsaturated/α-hetero) is 1. The van der Waals surface area contributed by atoms with Crippen LogP contribution in [0.1, 0.15) is 26.2 Å². The van der Waals surface area contributed by atoms with Gasteiger partial charge in [0.1, 0.15) is 5.78 Å². The zero-order chi connectivity index (χ0) is 13.5. The molecule has 0 saturated heterocycles. The van der Waals surface area contributed by atoms with Crippen molar-refractivity contribution in [2.24, 2.45) is 11.3 Å². The molecule has 0 N–H and O–H groups in total. The number of carbonyl (C=O) groups is 3. The summed E-state index contributed by atoms with van der Waals surface area (Å²) in [7, 11) is 2.52. The van der Waals surface area contributed by atoms with Crippen molar-refractivity contribution in [2.75, 3.05) is 14.2 Å². The molecule has 98 valence electrons. The van der Waals surface area contributed by atoms with Crippen molar-refractivity contribution in [3.05, 3.63) is 11.1 Å². The first-order valence-corrected chi connectivity index (χ1v) is 5.88. The maximum atomic E-state index is 12.0. The van der Waals surface area contributed by atoms with Gasteiger partial charge in [0.25, 0.3) is 0 Å². The topological polar surface area (TPSA) is 69.7 Å². The lowest BCUT2D eigenvalue weighted by molar-refractivity contribution is -0.145. The average molecular weight is 252 g/mol. The van der Waals surface area contributed by atoms with Crippen LogP contribution in [0.5, 0.6) is 0 Å². The van der Waals surface area contributed by atoms with Gasteiger partial charge in [-0.1, -0.05) is 6.92 Å². The van der Waals surface area contributed by atoms with Crippen molar-refractivity contribution in [1.29, 1.82) is 0 Å². The van der Waals surface area contributed by atoms with Gasteiger partial charge in [-0.05, 0) is 12.8 Å². The van der Waals surface area contributed by atoms with Crippen molar-refractivity contribution in [2.45, 2.75) is 26.2 Å². The standard InChI is InChI=1S/C13H16O5/c1-13-5-4-7(8(14)6-13)9(11(15)17-2)10(13)12(16)18-3/h7H,4-6H2,1-3H3. The van der Waals surface area contributed by atoms with Gasteiger partial charge >= 0.3 is 11.9 Å². The summed E-state index contributed by atoms with van der Waals surface area (Å²) >= 11 is 0. The van der Waals surface area contributed by atoms with Crippen LogP contribution >= 0.6 is 0 Å². The molecule has 3 rings (SSSR count). The van der Waals surface area contributed by atoms with E-state index in [1.807, 2.05) is 6.92 Å². The fraction of sp³-hybridized carbons (Fsp3) is 0.615. The van der Waals surface area contributed by atoms with Crippen molar-refractivity contribution in [3.63, 3.8) is 0 Å². The Balaban J connectivity index is 2.63. The maximum Gasteiger partial charge on any atom is 0.335 e. The number of fused-ring (bicyclic) bond motifs is 2. The number of methoxy groups -OCH3 is 2. The molecule has 1 saturated carbocycles. The molecule has 0 spiro atoms. The number of carbonyl (C=O) groups excluding carboxylic acids is 3. The molecule has 2 bridgehead atoms. The van der Waals surface area contributed by atoms with Crippen LogP contribution in [-0.2, 0) is 23.9 Å². The first kappa shape index (κ1) is 12.8. The lowest BCUT2D eigenvalue weighted by Gasteiger charge is -2.44. The molecule has 2 unspecified atom stereocenters. The number of esters is 2. The molecule has 0 heterocycles. The molecule has 18 heavy (non-hydrogen) atoms. The second kappa shape index (κ2) is 4.23. The van der Waals surface area contributed by atoms with Crippen molar-refractivity contribution in [1.82, 2.24) is 0 Å². The molecule has 0 radical (unpaired) electrons. The van der Waals surface area contributed by atoms with Crippen LogP contribution in [0.3, 0.4) is 0 Å². The third-order valence-electron chi connectivity index (χ3n) is 3.95. The van der Waals surface area contributed by atoms with Gasteiger partial charge in [0.05, 0.1) is 31.3 Å². The highest BCUT2D eigenvalue weighted by atomic mass is 16.5. The van der Waals surface area contributed by atoms with Crippen LogP contribution in [-0.4, -0.2) is 31.9 Å². The first-order chi connectivity index (χ1) is 8.44. The third-order valence-corrected chi connectivity index (χ3v) is 3.95. The number of hydrogen-bond donors (Lipinski definition) is 0. The van der Waals surface area contributed by atoms with Crippen molar-refractivity contribution < 1.29 is 23.9 Å². The summed E-state index contributed by atoms with van der Waals surface area (Å²) < 4.78 is 9.46. The summed E-state index contributed by atoms with van der Waals surface area (Å²) in [6.45, 7) is 1.83. The summed E-state index contributed by atoms with van der Waals surface area (Å²) in [4.78, 5) is 35.7. The predicted octanol–water partition coefficient (Wildman–Crippen LogP) is 1.02. The Morgan fingerprint density at radius 2 is 1.83 bits per heavy atom. The average Bonchev–Trinajstić information content (AvgIpc) is 2.35. The van der Waals surface area contributed by atoms with E-state index in [0.29, 0.717) is 24.8 Å². The zero-order valence-corrected chi connectivity index (χ0v) is 10.7. The van der Waals surface area contributed by atoms with E-state index in [-0.39, 0.29) is 11.4 Å². The van der Waals surface area contributed by atoms with Crippen molar-refractivity contribution >= 4 is 17.7 Å². The molecule has 5 nitrogen and oxygen atoms in total. The molecule has 5 heteroatoms. The first-order valence-electron chi connectivity index (χ1n) is 5.88. The monoisotopic (exact) mass is 252 g/mol. The van der Waals surface area contributed by atoms with E-state index in [1.165, 1.54) is 14.2 Å². The van der Waals surface area contributed by atoms with Crippen LogP contribution in [0.15, 0.2) is 11.1 Å². The Hall–Kier alpha value is -1.65. The predicted molar refractivity (Wildman–Crippen MR) is 61.5 cm³/mol. The molecule has 0 aromatic carbocycles. The Kier molecular flexibility index (Phi) is 3.00. The van der Waals surface area contributed by atoms with Gasteiger partial charge in [-0.25, -0.2) is 9.59 Å². The van der Waals surface area contributed by atoms with E-state index in [9.17, 15) is 14.4 Å². The Labute approximate surface area is 105 Å². The maximum absolute atomic E-state index is 12.0. The van der Waals surface area contributed by atoms with Gasteiger partial charge in [0.15, 0.2) is 0 Å². The van der Waals surface area contributed by atoms with Gasteiger partial charge in [0, 0.05) is 11.8 Å². The quantitative estimate of drug-likeness (QED) is 0.686. The third kappa shape index (κ3) is 1.65. The molecule has 0 aromatic rings. The Bertz CT molecular complexity index is 462. The van der Waals surface area contributed by atoms with Gasteiger partial charge in [0.2, 0.25) is 0 Å². The molecule has 0 amide bonds. The fourth-order valence-corrected chi connectivity index (χ4v) is 3.05. The SMILES string of the molecule is COC(=O)C1=C(C(=O)OC)C2(C)CCC1C(=O)C2. The molecule has 0 aromatic heterocycles. The van der Waals surface area contributed by atoms with E-state index in [2.05, 4.69) is 0 Å². The van der Waals surface area contributed by atoms with Gasteiger partial charge in [-0.15, -0.1) is 0 Å². The minimum Gasteiger partial charge on any atom is -0.466 e. The highest BCUT2D eigenvalue weighted by Crippen LogP contribution is 2.52. The van der Waals surface area contributed by atoms with Gasteiger partial charge in [-0.3, -0.25) is 4.79 Å². The lowest BCUT2D eigenvalue weighted by atomic mass is 9.58. The summed E-state index contributed by atoms with van der Waals surface area (Å²) in [6, 6.07) is 0. The normalized spacial score (nSPS) is 30.4. The second-order valence-electron chi connectivity index (χ2n) is 5.07. The van der Waals surface area contributed by atoms with Crippen LogP contribution < -0.4 is 0 Å². The van der Waals surface area contributed by atoms with E-state index >= 15 is 0 Å². The minimum absolute atomic E-state index is 0.0109. The van der Waals surface area contributed by atoms with Crippen molar-refractivity contribution in [3.8, 4) is 0 Å². The van der Waals surface area contributed by atoms with Crippen LogP contribution in [0.2, 0.25) is 0 Å². The number of rotatable bonds is 2. The number of hydrogen-bond acceptors (Lipinski definition) is 5. The number of ether oxygens (including phenoxy) is 2. The Morgan fingerprint density at radius 1 is 1.22 bits per heavy atom. The largest absolute Gasteiger partial charge is 0.466 e. The molecular formula is C13H16O5. The van der Waals surface area contributed by atoms with Crippen LogP contribution in [0.4, 0.5) is 0 Å². The molecule has 0 aliphatic heterocycles. The molecule has 3 aliphatic rings. The summed E-state index contributed by atoms with van der Waals surface area (Å²) in [5, 5.41) is 0. The smallest absolute Gasteiger partial charge is 0.335 e. The molecule has 3 aliphatic carbocycles. The minimum atomic E-state index is -0.598. The van der Waals surface area contributed by atoms with Crippen LogP contribution in [0, 0.1) is 11.3 Å². The molecular weight excluding hydrogens is 236 g/mol. The highest BCUT2D eigenvalue weighted by molar-refractivity contribution is 6.09. The Morgan fingerprint density at radius 3 is 2.33 bits per heavy atom. The van der Waals surface area contributed by atoms with E-state index in [0.717, 1.165) is 0 Å².